The monoisotopic (exact) mass is 415 g/mol. The molecule has 1 aliphatic rings. The van der Waals surface area contributed by atoms with Crippen molar-refractivity contribution in [1.82, 2.24) is 20.5 Å². The van der Waals surface area contributed by atoms with Crippen LogP contribution >= 0.6 is 11.3 Å². The van der Waals surface area contributed by atoms with Crippen LogP contribution in [0.4, 0.5) is 0 Å². The third kappa shape index (κ3) is 6.18. The van der Waals surface area contributed by atoms with Crippen molar-refractivity contribution in [3.63, 3.8) is 0 Å². The number of hydrogen-bond donors (Lipinski definition) is 2. The quantitative estimate of drug-likeness (QED) is 0.484. The number of methoxy groups -OCH3 is 1. The number of nitrogens with one attached hydrogen (secondary N) is 2. The Morgan fingerprint density at radius 1 is 1.21 bits per heavy atom. The van der Waals surface area contributed by atoms with Gasteiger partial charge in [0, 0.05) is 24.2 Å². The van der Waals surface area contributed by atoms with Gasteiger partial charge in [0.1, 0.15) is 10.8 Å². The molecule has 0 aliphatic carbocycles. The number of benzene rings is 1. The number of rotatable bonds is 9. The van der Waals surface area contributed by atoms with Crippen LogP contribution < -0.4 is 15.4 Å². The molecule has 158 valence electrons. The molecule has 0 radical (unpaired) electrons. The lowest BCUT2D eigenvalue weighted by Crippen LogP contribution is -2.42. The maximum Gasteiger partial charge on any atom is 0.191 e. The van der Waals surface area contributed by atoms with Crippen molar-refractivity contribution in [3.8, 4) is 5.75 Å². The molecule has 1 saturated heterocycles. The normalized spacial score (nSPS) is 16.0. The van der Waals surface area contributed by atoms with Gasteiger partial charge in [0.15, 0.2) is 5.96 Å². The summed E-state index contributed by atoms with van der Waals surface area (Å²) in [6.07, 6.45) is 5.53. The fourth-order valence-electron chi connectivity index (χ4n) is 3.60. The molecule has 0 amide bonds. The summed E-state index contributed by atoms with van der Waals surface area (Å²) in [6.45, 7) is 8.80. The zero-order valence-corrected chi connectivity index (χ0v) is 18.6. The van der Waals surface area contributed by atoms with Crippen molar-refractivity contribution in [2.24, 2.45) is 4.99 Å². The Balaban J connectivity index is 1.68. The highest BCUT2D eigenvalue weighted by Gasteiger charge is 2.23. The molecule has 1 aliphatic heterocycles. The van der Waals surface area contributed by atoms with E-state index in [2.05, 4.69) is 46.5 Å². The molecule has 1 atom stereocenters. The summed E-state index contributed by atoms with van der Waals surface area (Å²) in [4.78, 5) is 13.1. The van der Waals surface area contributed by atoms with Gasteiger partial charge in [0.25, 0.3) is 0 Å². The first-order valence-corrected chi connectivity index (χ1v) is 11.4. The summed E-state index contributed by atoms with van der Waals surface area (Å²) in [5, 5.41) is 7.99. The standard InChI is InChI=1S/C22H33N5OS/c1-4-19-14-24-21(29-19)16-26-22(23-5-2)25-15-20(27-12-6-7-13-27)17-8-10-18(28-3)11-9-17/h8-11,14,20H,4-7,12-13,15-16H2,1-3H3,(H2,23,25,26). The summed E-state index contributed by atoms with van der Waals surface area (Å²) in [6, 6.07) is 8.76. The van der Waals surface area contributed by atoms with Crippen LogP contribution in [0, 0.1) is 0 Å². The largest absolute Gasteiger partial charge is 0.497 e. The Morgan fingerprint density at radius 3 is 2.59 bits per heavy atom. The molecule has 1 unspecified atom stereocenters. The van der Waals surface area contributed by atoms with Crippen molar-refractivity contribution >= 4 is 17.3 Å². The first-order valence-electron chi connectivity index (χ1n) is 10.6. The zero-order valence-electron chi connectivity index (χ0n) is 17.8. The molecule has 1 aromatic heterocycles. The summed E-state index contributed by atoms with van der Waals surface area (Å²) in [7, 11) is 1.71. The summed E-state index contributed by atoms with van der Waals surface area (Å²) < 4.78 is 5.33. The minimum Gasteiger partial charge on any atom is -0.497 e. The van der Waals surface area contributed by atoms with Gasteiger partial charge in [-0.25, -0.2) is 9.98 Å². The van der Waals surface area contributed by atoms with Crippen LogP contribution in [0.25, 0.3) is 0 Å². The molecule has 2 heterocycles. The molecule has 1 fully saturated rings. The van der Waals surface area contributed by atoms with E-state index in [1.165, 1.54) is 23.3 Å². The van der Waals surface area contributed by atoms with Crippen LogP contribution in [-0.2, 0) is 13.0 Å². The van der Waals surface area contributed by atoms with E-state index < -0.39 is 0 Å². The van der Waals surface area contributed by atoms with Crippen LogP contribution in [0.2, 0.25) is 0 Å². The topological polar surface area (TPSA) is 61.8 Å². The molecule has 3 rings (SSSR count). The summed E-state index contributed by atoms with van der Waals surface area (Å²) in [5.74, 6) is 1.74. The molecule has 2 N–H and O–H groups in total. The van der Waals surface area contributed by atoms with E-state index in [-0.39, 0.29) is 0 Å². The maximum absolute atomic E-state index is 5.33. The molecule has 7 heteroatoms. The van der Waals surface area contributed by atoms with Gasteiger partial charge in [0.2, 0.25) is 0 Å². The van der Waals surface area contributed by atoms with Gasteiger partial charge in [-0.1, -0.05) is 19.1 Å². The number of aliphatic imine (C=N–C) groups is 1. The van der Waals surface area contributed by atoms with E-state index in [9.17, 15) is 0 Å². The SMILES string of the molecule is CCNC(=NCc1ncc(CC)s1)NCC(c1ccc(OC)cc1)N1CCCC1. The highest BCUT2D eigenvalue weighted by molar-refractivity contribution is 7.11. The van der Waals surface area contributed by atoms with Gasteiger partial charge < -0.3 is 15.4 Å². The smallest absolute Gasteiger partial charge is 0.191 e. The van der Waals surface area contributed by atoms with Crippen LogP contribution in [-0.4, -0.2) is 49.1 Å². The fraction of sp³-hybridized carbons (Fsp3) is 0.545. The van der Waals surface area contributed by atoms with Gasteiger partial charge in [-0.2, -0.15) is 0 Å². The van der Waals surface area contributed by atoms with Crippen LogP contribution in [0.15, 0.2) is 35.5 Å². The maximum atomic E-state index is 5.33. The van der Waals surface area contributed by atoms with Crippen LogP contribution in [0.5, 0.6) is 5.75 Å². The molecular formula is C22H33N5OS. The Bertz CT molecular complexity index is 768. The second-order valence-corrected chi connectivity index (χ2v) is 8.38. The Kier molecular flexibility index (Phi) is 8.31. The van der Waals surface area contributed by atoms with E-state index in [0.717, 1.165) is 49.3 Å². The van der Waals surface area contributed by atoms with Crippen molar-refractivity contribution in [2.75, 3.05) is 33.3 Å². The number of guanidine groups is 1. The van der Waals surface area contributed by atoms with Crippen LogP contribution in [0.3, 0.4) is 0 Å². The average molecular weight is 416 g/mol. The first kappa shape index (κ1) is 21.6. The van der Waals surface area contributed by atoms with Gasteiger partial charge in [-0.05, 0) is 57.0 Å². The van der Waals surface area contributed by atoms with E-state index in [1.807, 2.05) is 18.3 Å². The molecule has 0 spiro atoms. The first-order chi connectivity index (χ1) is 14.2. The number of thiazole rings is 1. The number of likely N-dealkylation sites (tertiary alicyclic amines) is 1. The molecular weight excluding hydrogens is 382 g/mol. The Labute approximate surface area is 178 Å². The molecule has 0 bridgehead atoms. The van der Waals surface area contributed by atoms with E-state index in [1.54, 1.807) is 18.4 Å². The van der Waals surface area contributed by atoms with Crippen molar-refractivity contribution in [2.45, 2.75) is 45.7 Å². The Morgan fingerprint density at radius 2 is 1.97 bits per heavy atom. The second-order valence-electron chi connectivity index (χ2n) is 7.18. The minimum atomic E-state index is 0.318. The summed E-state index contributed by atoms with van der Waals surface area (Å²) in [5.41, 5.74) is 1.31. The minimum absolute atomic E-state index is 0.318. The van der Waals surface area contributed by atoms with E-state index in [0.29, 0.717) is 12.6 Å². The van der Waals surface area contributed by atoms with Crippen molar-refractivity contribution in [1.29, 1.82) is 0 Å². The lowest BCUT2D eigenvalue weighted by molar-refractivity contribution is 0.245. The van der Waals surface area contributed by atoms with Crippen molar-refractivity contribution < 1.29 is 4.74 Å². The number of hydrogen-bond acceptors (Lipinski definition) is 5. The van der Waals surface area contributed by atoms with E-state index in [4.69, 9.17) is 9.73 Å². The number of aryl methyl sites for hydroxylation is 1. The average Bonchev–Trinajstić information content (AvgIpc) is 3.44. The highest BCUT2D eigenvalue weighted by Crippen LogP contribution is 2.26. The number of nitrogens with zero attached hydrogens (tertiary/aromatic N) is 3. The lowest BCUT2D eigenvalue weighted by Gasteiger charge is -2.29. The molecule has 0 saturated carbocycles. The molecule has 29 heavy (non-hydrogen) atoms. The molecule has 1 aromatic carbocycles. The van der Waals surface area contributed by atoms with Gasteiger partial charge >= 0.3 is 0 Å². The van der Waals surface area contributed by atoms with Crippen molar-refractivity contribution in [3.05, 3.63) is 45.9 Å². The van der Waals surface area contributed by atoms with Gasteiger partial charge in [0.05, 0.1) is 19.7 Å². The predicted molar refractivity (Wildman–Crippen MR) is 121 cm³/mol. The summed E-state index contributed by atoms with van der Waals surface area (Å²) >= 11 is 1.74. The zero-order chi connectivity index (χ0) is 20.5. The predicted octanol–water partition coefficient (Wildman–Crippen LogP) is 3.61. The third-order valence-electron chi connectivity index (χ3n) is 5.21. The third-order valence-corrected chi connectivity index (χ3v) is 6.34. The van der Waals surface area contributed by atoms with Gasteiger partial charge in [-0.15, -0.1) is 11.3 Å². The molecule has 6 nitrogen and oxygen atoms in total. The Hall–Kier alpha value is -2.12. The van der Waals surface area contributed by atoms with Crippen LogP contribution in [0.1, 0.15) is 48.2 Å². The molecule has 2 aromatic rings. The lowest BCUT2D eigenvalue weighted by atomic mass is 10.1. The second kappa shape index (κ2) is 11.2. The highest BCUT2D eigenvalue weighted by atomic mass is 32.1. The number of aromatic nitrogens is 1. The van der Waals surface area contributed by atoms with E-state index >= 15 is 0 Å². The fourth-order valence-corrected chi connectivity index (χ4v) is 4.39. The number of ether oxygens (including phenoxy) is 1. The van der Waals surface area contributed by atoms with Gasteiger partial charge in [-0.3, -0.25) is 4.90 Å².